The molecule has 0 aliphatic carbocycles. The first kappa shape index (κ1) is 14.3. The summed E-state index contributed by atoms with van der Waals surface area (Å²) in [6, 6.07) is 0. The molecule has 0 spiro atoms. The Balaban J connectivity index is 0. The first-order valence-corrected chi connectivity index (χ1v) is 4.55. The zero-order valence-corrected chi connectivity index (χ0v) is 9.59. The molecule has 0 saturated carbocycles. The number of thiocarbonyl (C=S) groups is 1. The smallest absolute Gasteiger partial charge is 0.133 e. The van der Waals surface area contributed by atoms with Crippen LogP contribution in [0.15, 0.2) is 0 Å². The number of hydrogen-bond acceptors (Lipinski definition) is 1. The summed E-state index contributed by atoms with van der Waals surface area (Å²) in [5.74, 6) is 0. The van der Waals surface area contributed by atoms with E-state index >= 15 is 0 Å². The van der Waals surface area contributed by atoms with Gasteiger partial charge in [-0.3, -0.25) is 0 Å². The first-order chi connectivity index (χ1) is 4.72. The van der Waals surface area contributed by atoms with Crippen LogP contribution in [-0.2, 0) is 17.1 Å². The zero-order valence-electron chi connectivity index (χ0n) is 6.93. The van der Waals surface area contributed by atoms with Crippen LogP contribution in [0.4, 0.5) is 0 Å². The van der Waals surface area contributed by atoms with E-state index in [-0.39, 0.29) is 17.1 Å². The van der Waals surface area contributed by atoms with Crippen molar-refractivity contribution in [1.82, 2.24) is 4.90 Å². The van der Waals surface area contributed by atoms with Gasteiger partial charge in [0.2, 0.25) is 0 Å². The van der Waals surface area contributed by atoms with E-state index in [4.69, 9.17) is 12.2 Å². The number of unbranched alkanes of at least 4 members (excludes halogenated alkanes) is 1. The summed E-state index contributed by atoms with van der Waals surface area (Å²) in [4.78, 5) is 2.10. The molecule has 0 aromatic heterocycles. The van der Waals surface area contributed by atoms with E-state index in [1.807, 2.05) is 0 Å². The second-order valence-corrected chi connectivity index (χ2v) is 3.33. The number of hydrogen-bond donors (Lipinski definition) is 1. The zero-order chi connectivity index (χ0) is 7.98. The summed E-state index contributed by atoms with van der Waals surface area (Å²) in [5.41, 5.74) is 0. The molecule has 0 aromatic rings. The molecule has 71 valence electrons. The fourth-order valence-electron chi connectivity index (χ4n) is 0.738. The van der Waals surface area contributed by atoms with Crippen LogP contribution in [0.2, 0.25) is 0 Å². The van der Waals surface area contributed by atoms with Crippen LogP contribution in [0.5, 0.6) is 0 Å². The van der Waals surface area contributed by atoms with Gasteiger partial charge >= 0.3 is 0 Å². The van der Waals surface area contributed by atoms with Crippen LogP contribution in [-0.4, -0.2) is 22.3 Å². The first-order valence-electron chi connectivity index (χ1n) is 3.70. The van der Waals surface area contributed by atoms with Gasteiger partial charge < -0.3 is 4.90 Å². The molecular weight excluding hydrogens is 226 g/mol. The van der Waals surface area contributed by atoms with Gasteiger partial charge in [-0.25, -0.2) is 0 Å². The molecule has 0 heterocycles. The van der Waals surface area contributed by atoms with Crippen molar-refractivity contribution in [2.24, 2.45) is 0 Å². The molecule has 0 bridgehead atoms. The maximum absolute atomic E-state index is 4.92. The van der Waals surface area contributed by atoms with Crippen LogP contribution in [0, 0.1) is 0 Å². The van der Waals surface area contributed by atoms with Gasteiger partial charge in [-0.1, -0.05) is 25.6 Å². The Morgan fingerprint density at radius 2 is 2.00 bits per heavy atom. The Kier molecular flexibility index (Phi) is 11.5. The fraction of sp³-hybridized carbons (Fsp3) is 0.857. The molecule has 1 nitrogen and oxygen atoms in total. The fourth-order valence-corrected chi connectivity index (χ4v) is 1.20. The second-order valence-electron chi connectivity index (χ2n) is 2.22. The quantitative estimate of drug-likeness (QED) is 0.457. The molecule has 0 aliphatic rings. The van der Waals surface area contributed by atoms with Crippen LogP contribution in [0.25, 0.3) is 0 Å². The van der Waals surface area contributed by atoms with Gasteiger partial charge in [-0.2, -0.15) is 0 Å². The molecule has 0 rings (SSSR count). The molecule has 0 aromatic carbocycles. The molecule has 0 saturated heterocycles. The minimum Gasteiger partial charge on any atom is -0.358 e. The van der Waals surface area contributed by atoms with Gasteiger partial charge in [-0.05, 0) is 13.3 Å². The van der Waals surface area contributed by atoms with Crippen LogP contribution < -0.4 is 0 Å². The van der Waals surface area contributed by atoms with E-state index in [1.54, 1.807) is 0 Å². The van der Waals surface area contributed by atoms with Crippen LogP contribution in [0.3, 0.4) is 0 Å². The average molecular weight is 241 g/mol. The van der Waals surface area contributed by atoms with Crippen molar-refractivity contribution in [2.45, 2.75) is 26.7 Å². The number of nitrogens with zero attached hydrogens (tertiary/aromatic N) is 1. The van der Waals surface area contributed by atoms with E-state index in [1.165, 1.54) is 12.8 Å². The van der Waals surface area contributed by atoms with Crippen molar-refractivity contribution >= 4 is 29.2 Å². The summed E-state index contributed by atoms with van der Waals surface area (Å²) in [6.07, 6.45) is 2.42. The second kappa shape index (κ2) is 8.85. The third kappa shape index (κ3) is 7.13. The molecule has 0 amide bonds. The molecule has 0 fully saturated rings. The van der Waals surface area contributed by atoms with E-state index in [0.29, 0.717) is 0 Å². The van der Waals surface area contributed by atoms with Gasteiger partial charge in [0.15, 0.2) is 0 Å². The summed E-state index contributed by atoms with van der Waals surface area (Å²) >= 11 is 9.02. The van der Waals surface area contributed by atoms with Gasteiger partial charge in [0, 0.05) is 30.2 Å². The molecule has 11 heavy (non-hydrogen) atoms. The molecule has 0 N–H and O–H groups in total. The number of rotatable bonds is 4. The maximum Gasteiger partial charge on any atom is 0.133 e. The Morgan fingerprint density at radius 1 is 1.45 bits per heavy atom. The van der Waals surface area contributed by atoms with Gasteiger partial charge in [0.1, 0.15) is 4.32 Å². The van der Waals surface area contributed by atoms with Crippen molar-refractivity contribution in [3.8, 4) is 0 Å². The van der Waals surface area contributed by atoms with Gasteiger partial charge in [0.05, 0.1) is 0 Å². The Morgan fingerprint density at radius 3 is 2.27 bits per heavy atom. The van der Waals surface area contributed by atoms with E-state index < -0.39 is 0 Å². The third-order valence-electron chi connectivity index (χ3n) is 1.43. The number of thiol groups is 1. The van der Waals surface area contributed by atoms with Gasteiger partial charge in [0.25, 0.3) is 0 Å². The van der Waals surface area contributed by atoms with Crippen molar-refractivity contribution < 1.29 is 17.1 Å². The summed E-state index contributed by atoms with van der Waals surface area (Å²) in [7, 11) is 0. The molecule has 0 unspecified atom stereocenters. The standard InChI is InChI=1S/C7H15NS2.Cu/c1-3-5-6-8(4-2)7(9)10;/h3-6H2,1-2H3,(H,9,10);. The molecule has 1 radical (unpaired) electrons. The van der Waals surface area contributed by atoms with E-state index in [9.17, 15) is 0 Å². The minimum atomic E-state index is 0. The average Bonchev–Trinajstić information content (AvgIpc) is 1.89. The van der Waals surface area contributed by atoms with Crippen molar-refractivity contribution in [2.75, 3.05) is 13.1 Å². The van der Waals surface area contributed by atoms with E-state index in [2.05, 4.69) is 31.4 Å². The van der Waals surface area contributed by atoms with Gasteiger partial charge in [-0.15, -0.1) is 12.6 Å². The summed E-state index contributed by atoms with van der Waals surface area (Å²) in [5, 5.41) is 0. The topological polar surface area (TPSA) is 3.24 Å². The minimum absolute atomic E-state index is 0. The monoisotopic (exact) mass is 240 g/mol. The normalized spacial score (nSPS) is 8.64. The predicted molar refractivity (Wildman–Crippen MR) is 53.7 cm³/mol. The van der Waals surface area contributed by atoms with Crippen LogP contribution >= 0.6 is 24.8 Å². The Hall–Kier alpha value is 0.759. The summed E-state index contributed by atoms with van der Waals surface area (Å²) in [6.45, 7) is 6.30. The molecule has 4 heteroatoms. The third-order valence-corrected chi connectivity index (χ3v) is 1.97. The maximum atomic E-state index is 4.92. The largest absolute Gasteiger partial charge is 0.358 e. The Labute approximate surface area is 90.8 Å². The van der Waals surface area contributed by atoms with Crippen molar-refractivity contribution in [3.63, 3.8) is 0 Å². The van der Waals surface area contributed by atoms with E-state index in [0.717, 1.165) is 17.4 Å². The Bertz CT molecular complexity index is 109. The molecule has 0 aliphatic heterocycles. The van der Waals surface area contributed by atoms with Crippen LogP contribution in [0.1, 0.15) is 26.7 Å². The predicted octanol–water partition coefficient (Wildman–Crippen LogP) is 2.32. The molecular formula is C7H15CuNS2. The van der Waals surface area contributed by atoms with Crippen molar-refractivity contribution in [1.29, 1.82) is 0 Å². The van der Waals surface area contributed by atoms with Crippen molar-refractivity contribution in [3.05, 3.63) is 0 Å². The summed E-state index contributed by atoms with van der Waals surface area (Å²) < 4.78 is 0.718. The molecule has 0 atom stereocenters. The SMILES string of the molecule is CCCCN(CC)C(=S)S.[Cu].